The lowest BCUT2D eigenvalue weighted by atomic mass is 10.2. The number of nitrogens with one attached hydrogen (secondary N) is 2. The van der Waals surface area contributed by atoms with Gasteiger partial charge in [-0.3, -0.25) is 4.72 Å². The van der Waals surface area contributed by atoms with Crippen molar-refractivity contribution < 1.29 is 9.53 Å². The maximum absolute atomic E-state index is 11.4. The minimum absolute atomic E-state index is 0.409. The monoisotopic (exact) mass is 317 g/mol. The molecule has 0 aliphatic heterocycles. The summed E-state index contributed by atoms with van der Waals surface area (Å²) in [6, 6.07) is 1.95. The Hall–Kier alpha value is -0.980. The van der Waals surface area contributed by atoms with Crippen LogP contribution in [0.15, 0.2) is 17.2 Å². The normalized spacial score (nSPS) is 11.2. The zero-order chi connectivity index (χ0) is 15.2. The van der Waals surface area contributed by atoms with Crippen LogP contribution in [-0.2, 0) is 4.74 Å². The van der Waals surface area contributed by atoms with Crippen molar-refractivity contribution in [2.45, 2.75) is 38.2 Å². The number of aromatic nitrogens is 1. The topological polar surface area (TPSA) is 63.2 Å². The fourth-order valence-corrected chi connectivity index (χ4v) is 2.07. The minimum atomic E-state index is -0.473. The van der Waals surface area contributed by atoms with E-state index in [1.54, 1.807) is 6.20 Å². The maximum Gasteiger partial charge on any atom is 0.407 e. The fraction of sp³-hybridized carbons (Fsp3) is 0.538. The van der Waals surface area contributed by atoms with Gasteiger partial charge in [0.05, 0.1) is 0 Å². The predicted octanol–water partition coefficient (Wildman–Crippen LogP) is 3.16. The maximum atomic E-state index is 11.4. The molecule has 112 valence electrons. The van der Waals surface area contributed by atoms with Crippen molar-refractivity contribution in [3.8, 4) is 0 Å². The molecule has 20 heavy (non-hydrogen) atoms. The second-order valence-electron chi connectivity index (χ2n) is 5.20. The molecule has 1 amide bonds. The van der Waals surface area contributed by atoms with Crippen molar-refractivity contribution in [1.82, 2.24) is 15.0 Å². The number of rotatable bonds is 5. The molecular formula is C13H20ClN3O2S. The molecule has 1 aromatic heterocycles. The summed E-state index contributed by atoms with van der Waals surface area (Å²) in [6.45, 7) is 8.50. The largest absolute Gasteiger partial charge is 0.444 e. The summed E-state index contributed by atoms with van der Waals surface area (Å²) in [4.78, 5) is 16.4. The molecule has 0 aromatic carbocycles. The molecule has 1 aromatic rings. The van der Waals surface area contributed by atoms with Gasteiger partial charge >= 0.3 is 6.09 Å². The molecule has 5 nitrogen and oxygen atoms in total. The van der Waals surface area contributed by atoms with Crippen molar-refractivity contribution in [2.24, 2.45) is 0 Å². The number of halogens is 1. The van der Waals surface area contributed by atoms with Gasteiger partial charge in [0.15, 0.2) is 0 Å². The van der Waals surface area contributed by atoms with Gasteiger partial charge in [0.1, 0.15) is 10.8 Å². The van der Waals surface area contributed by atoms with Crippen molar-refractivity contribution in [1.29, 1.82) is 0 Å². The zero-order valence-corrected chi connectivity index (χ0v) is 13.7. The highest BCUT2D eigenvalue weighted by molar-refractivity contribution is 7.97. The SMILES string of the molecule is Cc1cc(SNCCNC(=O)OC(C)(C)C)cnc1Cl. The van der Waals surface area contributed by atoms with Gasteiger partial charge in [0, 0.05) is 24.2 Å². The lowest BCUT2D eigenvalue weighted by molar-refractivity contribution is 0.0529. The molecule has 1 rings (SSSR count). The molecular weight excluding hydrogens is 298 g/mol. The number of pyridine rings is 1. The van der Waals surface area contributed by atoms with Crippen LogP contribution in [-0.4, -0.2) is 29.8 Å². The van der Waals surface area contributed by atoms with E-state index in [2.05, 4.69) is 15.0 Å². The molecule has 0 unspecified atom stereocenters. The van der Waals surface area contributed by atoms with Gasteiger partial charge in [-0.1, -0.05) is 11.6 Å². The number of alkyl carbamates (subject to hydrolysis) is 1. The van der Waals surface area contributed by atoms with Gasteiger partial charge < -0.3 is 10.1 Å². The molecule has 0 fully saturated rings. The van der Waals surface area contributed by atoms with E-state index in [1.807, 2.05) is 33.8 Å². The number of nitrogens with zero attached hydrogens (tertiary/aromatic N) is 1. The van der Waals surface area contributed by atoms with Crippen LogP contribution in [0.5, 0.6) is 0 Å². The average Bonchev–Trinajstić information content (AvgIpc) is 2.31. The Morgan fingerprint density at radius 1 is 1.45 bits per heavy atom. The van der Waals surface area contributed by atoms with Crippen molar-refractivity contribution in [3.05, 3.63) is 23.0 Å². The first-order valence-electron chi connectivity index (χ1n) is 6.26. The molecule has 0 atom stereocenters. The number of hydrogen-bond donors (Lipinski definition) is 2. The van der Waals surface area contributed by atoms with Gasteiger partial charge in [0.2, 0.25) is 0 Å². The number of ether oxygens (including phenoxy) is 1. The van der Waals surface area contributed by atoms with Gasteiger partial charge in [-0.05, 0) is 51.3 Å². The van der Waals surface area contributed by atoms with E-state index in [-0.39, 0.29) is 0 Å². The Morgan fingerprint density at radius 2 is 2.15 bits per heavy atom. The third kappa shape index (κ3) is 6.98. The molecule has 0 radical (unpaired) electrons. The van der Waals surface area contributed by atoms with Crippen molar-refractivity contribution in [2.75, 3.05) is 13.1 Å². The first-order valence-corrected chi connectivity index (χ1v) is 7.46. The molecule has 0 spiro atoms. The summed E-state index contributed by atoms with van der Waals surface area (Å²) < 4.78 is 8.25. The number of carbonyl (C=O) groups is 1. The lowest BCUT2D eigenvalue weighted by Crippen LogP contribution is -2.35. The summed E-state index contributed by atoms with van der Waals surface area (Å²) in [5.74, 6) is 0. The Bertz CT molecular complexity index is 463. The summed E-state index contributed by atoms with van der Waals surface area (Å²) in [7, 11) is 0. The van der Waals surface area contributed by atoms with Crippen LogP contribution >= 0.6 is 23.5 Å². The molecule has 2 N–H and O–H groups in total. The lowest BCUT2D eigenvalue weighted by Gasteiger charge is -2.19. The van der Waals surface area contributed by atoms with Crippen LogP contribution in [0.2, 0.25) is 5.15 Å². The molecule has 0 aliphatic rings. The van der Waals surface area contributed by atoms with Crippen LogP contribution < -0.4 is 10.0 Å². The molecule has 1 heterocycles. The fourth-order valence-electron chi connectivity index (χ4n) is 1.25. The van der Waals surface area contributed by atoms with Crippen LogP contribution in [0.4, 0.5) is 4.79 Å². The Kier molecular flexibility index (Phi) is 6.58. The smallest absolute Gasteiger partial charge is 0.407 e. The van der Waals surface area contributed by atoms with E-state index < -0.39 is 11.7 Å². The summed E-state index contributed by atoms with van der Waals surface area (Å²) in [6.07, 6.45) is 1.29. The average molecular weight is 318 g/mol. The number of aryl methyl sites for hydroxylation is 1. The molecule has 7 heteroatoms. The summed E-state index contributed by atoms with van der Waals surface area (Å²) >= 11 is 7.29. The van der Waals surface area contributed by atoms with Crippen LogP contribution in [0.25, 0.3) is 0 Å². The van der Waals surface area contributed by atoms with Gasteiger partial charge in [-0.2, -0.15) is 0 Å². The minimum Gasteiger partial charge on any atom is -0.444 e. The van der Waals surface area contributed by atoms with Crippen molar-refractivity contribution in [3.63, 3.8) is 0 Å². The van der Waals surface area contributed by atoms with Crippen LogP contribution in [0.1, 0.15) is 26.3 Å². The summed E-state index contributed by atoms with van der Waals surface area (Å²) in [5.41, 5.74) is 0.462. The number of hydrogen-bond acceptors (Lipinski definition) is 5. The van der Waals surface area contributed by atoms with E-state index >= 15 is 0 Å². The second-order valence-corrected chi connectivity index (χ2v) is 6.53. The summed E-state index contributed by atoms with van der Waals surface area (Å²) in [5, 5.41) is 3.19. The van der Waals surface area contributed by atoms with Crippen molar-refractivity contribution >= 4 is 29.6 Å². The molecule has 0 saturated carbocycles. The van der Waals surface area contributed by atoms with Gasteiger partial charge in [0.25, 0.3) is 0 Å². The zero-order valence-electron chi connectivity index (χ0n) is 12.1. The third-order valence-electron chi connectivity index (χ3n) is 2.07. The van der Waals surface area contributed by atoms with Crippen LogP contribution in [0, 0.1) is 6.92 Å². The van der Waals surface area contributed by atoms with E-state index in [1.165, 1.54) is 11.9 Å². The van der Waals surface area contributed by atoms with Gasteiger partial charge in [-0.25, -0.2) is 9.78 Å². The van der Waals surface area contributed by atoms with Gasteiger partial charge in [-0.15, -0.1) is 0 Å². The molecule has 0 aliphatic carbocycles. The Morgan fingerprint density at radius 3 is 2.75 bits per heavy atom. The highest BCUT2D eigenvalue weighted by Gasteiger charge is 2.15. The highest BCUT2D eigenvalue weighted by atomic mass is 35.5. The highest BCUT2D eigenvalue weighted by Crippen LogP contribution is 2.19. The Balaban J connectivity index is 2.19. The van der Waals surface area contributed by atoms with E-state index in [0.717, 1.165) is 10.5 Å². The predicted molar refractivity (Wildman–Crippen MR) is 82.1 cm³/mol. The molecule has 0 bridgehead atoms. The third-order valence-corrected chi connectivity index (χ3v) is 3.28. The number of amides is 1. The standard InChI is InChI=1S/C13H20ClN3O2S/c1-9-7-10(8-16-11(9)14)20-17-6-5-15-12(18)19-13(2,3)4/h7-8,17H,5-6H2,1-4H3,(H,15,18). The number of carbonyl (C=O) groups excluding carboxylic acids is 1. The van der Waals surface area contributed by atoms with E-state index in [0.29, 0.717) is 18.2 Å². The van der Waals surface area contributed by atoms with E-state index in [4.69, 9.17) is 16.3 Å². The Labute approximate surface area is 129 Å². The van der Waals surface area contributed by atoms with E-state index in [9.17, 15) is 4.79 Å². The first kappa shape index (κ1) is 17.1. The quantitative estimate of drug-likeness (QED) is 0.496. The molecule has 0 saturated heterocycles. The first-order chi connectivity index (χ1) is 9.28. The van der Waals surface area contributed by atoms with Crippen LogP contribution in [0.3, 0.4) is 0 Å². The second kappa shape index (κ2) is 7.71.